The van der Waals surface area contributed by atoms with Crippen LogP contribution in [0.2, 0.25) is 0 Å². The van der Waals surface area contributed by atoms with Gasteiger partial charge in [0.15, 0.2) is 6.61 Å². The van der Waals surface area contributed by atoms with E-state index in [4.69, 9.17) is 4.74 Å². The summed E-state index contributed by atoms with van der Waals surface area (Å²) in [5.74, 6) is -2.73. The Morgan fingerprint density at radius 2 is 1.67 bits per heavy atom. The van der Waals surface area contributed by atoms with Crippen LogP contribution in [0.4, 0.5) is 0 Å². The summed E-state index contributed by atoms with van der Waals surface area (Å²) in [6, 6.07) is 14.9. The molecule has 2 bridgehead atoms. The number of aromatic nitrogens is 1. The zero-order valence-electron chi connectivity index (χ0n) is 31.0. The van der Waals surface area contributed by atoms with Crippen molar-refractivity contribution in [2.75, 3.05) is 32.8 Å². The first-order valence-corrected chi connectivity index (χ1v) is 18.4. The van der Waals surface area contributed by atoms with E-state index in [-0.39, 0.29) is 37.5 Å². The highest BCUT2D eigenvalue weighted by atomic mass is 16.5. The van der Waals surface area contributed by atoms with Crippen molar-refractivity contribution in [3.8, 4) is 5.75 Å². The number of fused-ring (bicyclic) bond motifs is 4. The molecule has 1 saturated heterocycles. The van der Waals surface area contributed by atoms with E-state index in [2.05, 4.69) is 16.0 Å². The number of amides is 5. The molecule has 3 aromatic rings. The lowest BCUT2D eigenvalue weighted by Crippen LogP contribution is -2.58. The van der Waals surface area contributed by atoms with Crippen LogP contribution in [0.5, 0.6) is 5.75 Å². The number of nitrogens with one attached hydrogen (secondary N) is 3. The molecule has 2 aliphatic heterocycles. The van der Waals surface area contributed by atoms with Gasteiger partial charge >= 0.3 is 0 Å². The molecule has 3 heterocycles. The molecule has 0 spiro atoms. The number of carbonyl (C=O) groups excluding carboxylic acids is 5. The molecule has 5 atom stereocenters. The summed E-state index contributed by atoms with van der Waals surface area (Å²) in [7, 11) is 1.61. The van der Waals surface area contributed by atoms with Gasteiger partial charge in [0.25, 0.3) is 17.4 Å². The van der Waals surface area contributed by atoms with Gasteiger partial charge in [0.1, 0.15) is 23.4 Å². The summed E-state index contributed by atoms with van der Waals surface area (Å²) >= 11 is 0. The molecule has 3 aliphatic rings. The summed E-state index contributed by atoms with van der Waals surface area (Å²) in [4.78, 5) is 85.2. The SMILES string of the molecule is Cc1cc(C)n(C)c(=O)c1C(=O)N1C[C@@H]2NC(=O)[C@H](Cc3ccccc3)NC(=O)CN(CC3CC3)C(=O)[C@H]([C@@H](C)O)NC(=O)COc3cccc(c3)[C@H]2C1. The van der Waals surface area contributed by atoms with Crippen LogP contribution in [-0.2, 0) is 32.6 Å². The highest BCUT2D eigenvalue weighted by molar-refractivity contribution is 5.96. The molecule has 6 rings (SSSR count). The predicted octanol–water partition coefficient (Wildman–Crippen LogP) is 0.951. The standard InChI is InChI=1S/C40H48N6O8/c1-23-15-24(2)44(4)38(51)35(23)39(52)46-19-30-28-11-8-12-29(17-28)54-22-34(49)43-36(25(3)47)40(53)45(18-27-13-14-27)21-33(48)41-31(37(50)42-32(30)20-46)16-26-9-6-5-7-10-26/h5-12,15,17,25,27,30-32,36,47H,13-14,16,18-22H2,1-4H3,(H,41,48)(H,42,50)(H,43,49)/t25-,30-,31+,32+,36+/m1/s1. The Balaban J connectivity index is 1.36. The average Bonchev–Trinajstić information content (AvgIpc) is 3.87. The second-order valence-electron chi connectivity index (χ2n) is 14.8. The van der Waals surface area contributed by atoms with Crippen molar-refractivity contribution in [2.45, 2.75) is 70.2 Å². The number of rotatable bonds is 6. The number of carbonyl (C=O) groups is 5. The van der Waals surface area contributed by atoms with Gasteiger partial charge in [-0.25, -0.2) is 0 Å². The van der Waals surface area contributed by atoms with Crippen LogP contribution in [0.1, 0.15) is 58.4 Å². The molecule has 5 amide bonds. The lowest BCUT2D eigenvalue weighted by molar-refractivity contribution is -0.143. The Morgan fingerprint density at radius 1 is 0.926 bits per heavy atom. The van der Waals surface area contributed by atoms with Crippen LogP contribution in [0.3, 0.4) is 0 Å². The van der Waals surface area contributed by atoms with Gasteiger partial charge in [-0.15, -0.1) is 0 Å². The molecule has 2 aromatic carbocycles. The van der Waals surface area contributed by atoms with Crippen LogP contribution in [0.25, 0.3) is 0 Å². The van der Waals surface area contributed by atoms with Gasteiger partial charge in [0.2, 0.25) is 17.7 Å². The van der Waals surface area contributed by atoms with E-state index >= 15 is 0 Å². The van der Waals surface area contributed by atoms with Crippen molar-refractivity contribution in [3.63, 3.8) is 0 Å². The molecule has 1 aromatic heterocycles. The number of benzene rings is 2. The number of aliphatic hydroxyl groups excluding tert-OH is 1. The van der Waals surface area contributed by atoms with Crippen molar-refractivity contribution in [1.29, 1.82) is 0 Å². The van der Waals surface area contributed by atoms with Gasteiger partial charge in [0.05, 0.1) is 18.7 Å². The summed E-state index contributed by atoms with van der Waals surface area (Å²) in [5, 5.41) is 19.1. The highest BCUT2D eigenvalue weighted by Gasteiger charge is 2.40. The second kappa shape index (κ2) is 16.3. The van der Waals surface area contributed by atoms with E-state index < -0.39 is 78.4 Å². The first-order chi connectivity index (χ1) is 25.8. The Kier molecular flexibility index (Phi) is 11.5. The van der Waals surface area contributed by atoms with E-state index in [1.807, 2.05) is 36.4 Å². The lowest BCUT2D eigenvalue weighted by Gasteiger charge is -2.30. The van der Waals surface area contributed by atoms with Crippen LogP contribution >= 0.6 is 0 Å². The number of aliphatic hydroxyl groups is 1. The van der Waals surface area contributed by atoms with E-state index in [1.54, 1.807) is 50.1 Å². The fraction of sp³-hybridized carbons (Fsp3) is 0.450. The number of nitrogens with zero attached hydrogens (tertiary/aromatic N) is 3. The average molecular weight is 741 g/mol. The normalized spacial score (nSPS) is 23.3. The maximum Gasteiger partial charge on any atom is 0.263 e. The third kappa shape index (κ3) is 8.82. The number of pyridine rings is 1. The molecular formula is C40H48N6O8. The predicted molar refractivity (Wildman–Crippen MR) is 199 cm³/mol. The number of hydrogen-bond acceptors (Lipinski definition) is 8. The molecule has 2 fully saturated rings. The molecule has 0 unspecified atom stereocenters. The van der Waals surface area contributed by atoms with Crippen molar-refractivity contribution in [3.05, 3.63) is 99.0 Å². The molecule has 54 heavy (non-hydrogen) atoms. The lowest BCUT2D eigenvalue weighted by atomic mass is 9.93. The zero-order chi connectivity index (χ0) is 38.7. The number of hydrogen-bond donors (Lipinski definition) is 4. The summed E-state index contributed by atoms with van der Waals surface area (Å²) in [5.41, 5.74) is 2.40. The van der Waals surface area contributed by atoms with Crippen LogP contribution in [0.15, 0.2) is 65.5 Å². The van der Waals surface area contributed by atoms with Gasteiger partial charge in [-0.05, 0) is 74.4 Å². The Morgan fingerprint density at radius 3 is 2.37 bits per heavy atom. The maximum absolute atomic E-state index is 14.3. The summed E-state index contributed by atoms with van der Waals surface area (Å²) < 4.78 is 7.27. The molecule has 1 aliphatic carbocycles. The third-order valence-corrected chi connectivity index (χ3v) is 10.5. The third-order valence-electron chi connectivity index (χ3n) is 10.5. The van der Waals surface area contributed by atoms with Crippen LogP contribution < -0.4 is 26.2 Å². The molecule has 14 nitrogen and oxygen atoms in total. The molecule has 14 heteroatoms. The summed E-state index contributed by atoms with van der Waals surface area (Å²) in [6.45, 7) is 4.54. The first-order valence-electron chi connectivity index (χ1n) is 18.4. The van der Waals surface area contributed by atoms with Gasteiger partial charge < -0.3 is 40.2 Å². The number of ether oxygens (including phenoxy) is 1. The minimum absolute atomic E-state index is 0.0532. The topological polar surface area (TPSA) is 179 Å². The smallest absolute Gasteiger partial charge is 0.263 e. The molecule has 0 radical (unpaired) electrons. The summed E-state index contributed by atoms with van der Waals surface area (Å²) in [6.07, 6.45) is 0.626. The monoisotopic (exact) mass is 740 g/mol. The maximum atomic E-state index is 14.3. The van der Waals surface area contributed by atoms with Gasteiger partial charge in [-0.3, -0.25) is 28.8 Å². The molecule has 1 saturated carbocycles. The van der Waals surface area contributed by atoms with E-state index in [1.165, 1.54) is 16.4 Å². The van der Waals surface area contributed by atoms with Crippen LogP contribution in [0, 0.1) is 19.8 Å². The van der Waals surface area contributed by atoms with Gasteiger partial charge in [0, 0.05) is 44.7 Å². The fourth-order valence-electron chi connectivity index (χ4n) is 7.24. The zero-order valence-corrected chi connectivity index (χ0v) is 31.0. The van der Waals surface area contributed by atoms with Crippen molar-refractivity contribution < 1.29 is 33.8 Å². The van der Waals surface area contributed by atoms with E-state index in [0.717, 1.165) is 18.4 Å². The second-order valence-corrected chi connectivity index (χ2v) is 14.8. The molecular weight excluding hydrogens is 692 g/mol. The van der Waals surface area contributed by atoms with Crippen molar-refractivity contribution in [2.24, 2.45) is 13.0 Å². The quantitative estimate of drug-likeness (QED) is 0.289. The number of likely N-dealkylation sites (tertiary alicyclic amines) is 1. The van der Waals surface area contributed by atoms with E-state index in [9.17, 15) is 33.9 Å². The van der Waals surface area contributed by atoms with Gasteiger partial charge in [-0.2, -0.15) is 0 Å². The van der Waals surface area contributed by atoms with E-state index in [0.29, 0.717) is 22.6 Å². The fourth-order valence-corrected chi connectivity index (χ4v) is 7.24. The number of aryl methyl sites for hydroxylation is 2. The largest absolute Gasteiger partial charge is 0.484 e. The Labute approximate surface area is 313 Å². The van der Waals surface area contributed by atoms with Crippen LogP contribution in [-0.4, -0.2) is 106 Å². The highest BCUT2D eigenvalue weighted by Crippen LogP contribution is 2.32. The minimum atomic E-state index is -1.34. The van der Waals surface area contributed by atoms with Gasteiger partial charge in [-0.1, -0.05) is 42.5 Å². The van der Waals surface area contributed by atoms with Crippen molar-refractivity contribution in [1.82, 2.24) is 30.3 Å². The molecule has 4 N–H and O–H groups in total. The molecule has 286 valence electrons. The first kappa shape index (κ1) is 38.2. The Hall–Kier alpha value is -5.50. The minimum Gasteiger partial charge on any atom is -0.484 e. The Bertz CT molecular complexity index is 1980. The van der Waals surface area contributed by atoms with Crippen molar-refractivity contribution >= 4 is 29.5 Å².